The van der Waals surface area contributed by atoms with Crippen molar-refractivity contribution < 1.29 is 8.42 Å². The smallest absolute Gasteiger partial charge is 0.232 e. The van der Waals surface area contributed by atoms with Gasteiger partial charge < -0.3 is 0 Å². The van der Waals surface area contributed by atoms with Crippen LogP contribution in [0.25, 0.3) is 5.69 Å². The SMILES string of the molecule is CCS(=O)(=O)Nc1ccccc1-n1ccnn1. The van der Waals surface area contributed by atoms with Gasteiger partial charge in [0.25, 0.3) is 0 Å². The van der Waals surface area contributed by atoms with Gasteiger partial charge in [0, 0.05) is 0 Å². The van der Waals surface area contributed by atoms with Crippen LogP contribution in [0.4, 0.5) is 5.69 Å². The third kappa shape index (κ3) is 2.62. The van der Waals surface area contributed by atoms with Crippen LogP contribution in [0, 0.1) is 0 Å². The number of nitrogens with one attached hydrogen (secondary N) is 1. The van der Waals surface area contributed by atoms with Crippen molar-refractivity contribution in [2.75, 3.05) is 10.5 Å². The van der Waals surface area contributed by atoms with E-state index in [1.807, 2.05) is 0 Å². The summed E-state index contributed by atoms with van der Waals surface area (Å²) in [6.45, 7) is 1.58. The van der Waals surface area contributed by atoms with Gasteiger partial charge in [0.1, 0.15) is 0 Å². The molecular formula is C10H12N4O2S. The Morgan fingerprint density at radius 2 is 2.12 bits per heavy atom. The molecule has 0 spiro atoms. The second-order valence-corrected chi connectivity index (χ2v) is 5.38. The van der Waals surface area contributed by atoms with Crippen molar-refractivity contribution in [1.29, 1.82) is 0 Å². The first-order chi connectivity index (χ1) is 8.12. The van der Waals surface area contributed by atoms with E-state index in [-0.39, 0.29) is 5.75 Å². The molecule has 7 heteroatoms. The molecule has 17 heavy (non-hydrogen) atoms. The molecule has 1 heterocycles. The molecule has 2 rings (SSSR count). The molecule has 0 unspecified atom stereocenters. The van der Waals surface area contributed by atoms with E-state index in [2.05, 4.69) is 15.0 Å². The molecule has 0 saturated carbocycles. The summed E-state index contributed by atoms with van der Waals surface area (Å²) >= 11 is 0. The number of sulfonamides is 1. The Kier molecular flexibility index (Phi) is 3.10. The number of hydrogen-bond donors (Lipinski definition) is 1. The average Bonchev–Trinajstić information content (AvgIpc) is 2.83. The maximum atomic E-state index is 11.5. The maximum absolute atomic E-state index is 11.5. The fourth-order valence-corrected chi connectivity index (χ4v) is 1.99. The summed E-state index contributed by atoms with van der Waals surface area (Å²) in [7, 11) is -3.30. The fraction of sp³-hybridized carbons (Fsp3) is 0.200. The molecule has 90 valence electrons. The second kappa shape index (κ2) is 4.54. The van der Waals surface area contributed by atoms with Crippen LogP contribution in [0.5, 0.6) is 0 Å². The lowest BCUT2D eigenvalue weighted by atomic mass is 10.3. The van der Waals surface area contributed by atoms with Crippen molar-refractivity contribution in [3.05, 3.63) is 36.7 Å². The van der Waals surface area contributed by atoms with E-state index in [0.29, 0.717) is 11.4 Å². The highest BCUT2D eigenvalue weighted by Crippen LogP contribution is 2.19. The molecule has 0 atom stereocenters. The van der Waals surface area contributed by atoms with Gasteiger partial charge in [0.2, 0.25) is 10.0 Å². The summed E-state index contributed by atoms with van der Waals surface area (Å²) in [5.41, 5.74) is 1.13. The summed E-state index contributed by atoms with van der Waals surface area (Å²) in [6, 6.07) is 7.01. The minimum Gasteiger partial charge on any atom is -0.281 e. The van der Waals surface area contributed by atoms with Gasteiger partial charge in [0.15, 0.2) is 0 Å². The van der Waals surface area contributed by atoms with Gasteiger partial charge in [-0.05, 0) is 19.1 Å². The van der Waals surface area contributed by atoms with Crippen molar-refractivity contribution in [1.82, 2.24) is 15.0 Å². The number of rotatable bonds is 4. The van der Waals surface area contributed by atoms with Gasteiger partial charge in [-0.15, -0.1) is 5.10 Å². The molecule has 6 nitrogen and oxygen atoms in total. The molecule has 2 aromatic rings. The molecule has 0 aliphatic rings. The van der Waals surface area contributed by atoms with E-state index in [1.54, 1.807) is 37.4 Å². The first-order valence-electron chi connectivity index (χ1n) is 5.08. The van der Waals surface area contributed by atoms with Gasteiger partial charge in [0.05, 0.1) is 29.5 Å². The van der Waals surface area contributed by atoms with E-state index >= 15 is 0 Å². The van der Waals surface area contributed by atoms with Gasteiger partial charge >= 0.3 is 0 Å². The average molecular weight is 252 g/mol. The first kappa shape index (κ1) is 11.6. The van der Waals surface area contributed by atoms with Gasteiger partial charge in [-0.2, -0.15) is 0 Å². The number of para-hydroxylation sites is 2. The van der Waals surface area contributed by atoms with Crippen LogP contribution in [-0.4, -0.2) is 29.2 Å². The summed E-state index contributed by atoms with van der Waals surface area (Å²) in [6.07, 6.45) is 3.18. The second-order valence-electron chi connectivity index (χ2n) is 3.37. The Morgan fingerprint density at radius 1 is 1.35 bits per heavy atom. The van der Waals surface area contributed by atoms with Crippen LogP contribution < -0.4 is 4.72 Å². The molecular weight excluding hydrogens is 240 g/mol. The minimum atomic E-state index is -3.30. The van der Waals surface area contributed by atoms with Crippen molar-refractivity contribution in [2.45, 2.75) is 6.92 Å². The Balaban J connectivity index is 2.42. The van der Waals surface area contributed by atoms with Crippen LogP contribution in [0.15, 0.2) is 36.7 Å². The molecule has 0 fully saturated rings. The quantitative estimate of drug-likeness (QED) is 0.881. The van der Waals surface area contributed by atoms with Crippen molar-refractivity contribution in [2.24, 2.45) is 0 Å². The predicted octanol–water partition coefficient (Wildman–Crippen LogP) is 1.03. The van der Waals surface area contributed by atoms with Gasteiger partial charge in [-0.1, -0.05) is 17.3 Å². The lowest BCUT2D eigenvalue weighted by Gasteiger charge is -2.10. The predicted molar refractivity (Wildman–Crippen MR) is 64.4 cm³/mol. The molecule has 1 N–H and O–H groups in total. The minimum absolute atomic E-state index is 0.0265. The summed E-state index contributed by atoms with van der Waals surface area (Å²) < 4.78 is 27.1. The Labute approximate surface area is 99.3 Å². The van der Waals surface area contributed by atoms with Crippen LogP contribution in [0.3, 0.4) is 0 Å². The Morgan fingerprint density at radius 3 is 2.76 bits per heavy atom. The van der Waals surface area contributed by atoms with Crippen molar-refractivity contribution >= 4 is 15.7 Å². The Bertz CT molecular complexity index is 593. The third-order valence-corrected chi connectivity index (χ3v) is 3.51. The summed E-state index contributed by atoms with van der Waals surface area (Å²) in [4.78, 5) is 0. The van der Waals surface area contributed by atoms with Crippen molar-refractivity contribution in [3.63, 3.8) is 0 Å². The summed E-state index contributed by atoms with van der Waals surface area (Å²) in [5.74, 6) is 0.0265. The van der Waals surface area contributed by atoms with Crippen LogP contribution >= 0.6 is 0 Å². The van der Waals surface area contributed by atoms with E-state index in [4.69, 9.17) is 0 Å². The van der Waals surface area contributed by atoms with E-state index in [9.17, 15) is 8.42 Å². The topological polar surface area (TPSA) is 76.9 Å². The lowest BCUT2D eigenvalue weighted by molar-refractivity contribution is 0.602. The van der Waals surface area contributed by atoms with E-state index < -0.39 is 10.0 Å². The molecule has 0 aliphatic carbocycles. The molecule has 0 amide bonds. The lowest BCUT2D eigenvalue weighted by Crippen LogP contribution is -2.16. The number of anilines is 1. The number of hydrogen-bond acceptors (Lipinski definition) is 4. The monoisotopic (exact) mass is 252 g/mol. The molecule has 1 aromatic carbocycles. The molecule has 0 radical (unpaired) electrons. The maximum Gasteiger partial charge on any atom is 0.232 e. The number of aromatic nitrogens is 3. The molecule has 1 aromatic heterocycles. The highest BCUT2D eigenvalue weighted by molar-refractivity contribution is 7.92. The zero-order chi connectivity index (χ0) is 12.3. The van der Waals surface area contributed by atoms with Gasteiger partial charge in [-0.3, -0.25) is 4.72 Å². The largest absolute Gasteiger partial charge is 0.281 e. The van der Waals surface area contributed by atoms with Gasteiger partial charge in [-0.25, -0.2) is 13.1 Å². The summed E-state index contributed by atoms with van der Waals surface area (Å²) in [5, 5.41) is 7.53. The molecule has 0 bridgehead atoms. The molecule has 0 aliphatic heterocycles. The van der Waals surface area contributed by atoms with Crippen molar-refractivity contribution in [3.8, 4) is 5.69 Å². The van der Waals surface area contributed by atoms with Crippen LogP contribution in [0.1, 0.15) is 6.92 Å². The number of benzene rings is 1. The zero-order valence-corrected chi connectivity index (χ0v) is 10.1. The highest BCUT2D eigenvalue weighted by atomic mass is 32.2. The van der Waals surface area contributed by atoms with Crippen LogP contribution in [-0.2, 0) is 10.0 Å². The highest BCUT2D eigenvalue weighted by Gasteiger charge is 2.11. The zero-order valence-electron chi connectivity index (χ0n) is 9.24. The normalized spacial score (nSPS) is 11.4. The fourth-order valence-electron chi connectivity index (χ4n) is 1.34. The third-order valence-electron chi connectivity index (χ3n) is 2.22. The number of nitrogens with zero attached hydrogens (tertiary/aromatic N) is 3. The first-order valence-corrected chi connectivity index (χ1v) is 6.74. The van der Waals surface area contributed by atoms with Crippen LogP contribution in [0.2, 0.25) is 0 Å². The van der Waals surface area contributed by atoms with E-state index in [0.717, 1.165) is 0 Å². The van der Waals surface area contributed by atoms with E-state index in [1.165, 1.54) is 10.9 Å². The standard InChI is InChI=1S/C10H12N4O2S/c1-2-17(15,16)12-9-5-3-4-6-10(9)14-8-7-11-13-14/h3-8,12H,2H2,1H3. The molecule has 0 saturated heterocycles. The Hall–Kier alpha value is -1.89.